The number of anilines is 1. The fourth-order valence-electron chi connectivity index (χ4n) is 4.11. The second-order valence-corrected chi connectivity index (χ2v) is 8.52. The highest BCUT2D eigenvalue weighted by Gasteiger charge is 2.50. The standard InChI is InChI=1S/C20H23ClN7/c1-13-9-16(21)26-19(15(13)10-22)28(3,4)20(2)6-8-27(11-20)18-14-5-7-23-17(14)24-12-25-18/h5,7,9,12H,6,8,11H2,1-4H3,(H,23,24,25)/q+1. The normalized spacial score (nSPS) is 19.9. The van der Waals surface area contributed by atoms with E-state index >= 15 is 0 Å². The molecule has 1 unspecified atom stereocenters. The second-order valence-electron chi connectivity index (χ2n) is 8.13. The summed E-state index contributed by atoms with van der Waals surface area (Å²) in [7, 11) is 4.21. The van der Waals surface area contributed by atoms with E-state index in [1.54, 1.807) is 12.4 Å². The molecule has 1 N–H and O–H groups in total. The molecule has 4 heterocycles. The number of aromatic amines is 1. The van der Waals surface area contributed by atoms with Gasteiger partial charge in [0.05, 0.1) is 26.0 Å². The molecular formula is C20H23ClN7+. The van der Waals surface area contributed by atoms with Gasteiger partial charge in [-0.05, 0) is 31.5 Å². The van der Waals surface area contributed by atoms with Gasteiger partial charge in [0.2, 0.25) is 5.82 Å². The van der Waals surface area contributed by atoms with Crippen LogP contribution in [0, 0.1) is 18.3 Å². The minimum absolute atomic E-state index is 0.163. The number of hydrogen-bond donors (Lipinski definition) is 1. The molecule has 0 saturated carbocycles. The highest BCUT2D eigenvalue weighted by atomic mass is 35.5. The number of likely N-dealkylation sites (N-methyl/N-ethyl adjacent to an activating group) is 1. The van der Waals surface area contributed by atoms with E-state index in [4.69, 9.17) is 11.6 Å². The molecule has 8 heteroatoms. The first-order chi connectivity index (χ1) is 13.3. The Hall–Kier alpha value is -2.69. The van der Waals surface area contributed by atoms with Gasteiger partial charge in [-0.2, -0.15) is 10.2 Å². The highest BCUT2D eigenvalue weighted by molar-refractivity contribution is 6.29. The van der Waals surface area contributed by atoms with Gasteiger partial charge < -0.3 is 9.88 Å². The predicted molar refractivity (Wildman–Crippen MR) is 111 cm³/mol. The number of quaternary nitrogens is 1. The van der Waals surface area contributed by atoms with Crippen LogP contribution >= 0.6 is 11.6 Å². The molecule has 144 valence electrons. The summed E-state index contributed by atoms with van der Waals surface area (Å²) in [5.41, 5.74) is 2.13. The van der Waals surface area contributed by atoms with E-state index in [0.29, 0.717) is 21.0 Å². The Morgan fingerprint density at radius 3 is 2.89 bits per heavy atom. The van der Waals surface area contributed by atoms with Crippen molar-refractivity contribution < 1.29 is 0 Å². The lowest BCUT2D eigenvalue weighted by atomic mass is 9.95. The molecule has 3 aromatic heterocycles. The van der Waals surface area contributed by atoms with Gasteiger partial charge in [0.1, 0.15) is 40.1 Å². The number of hydrogen-bond acceptors (Lipinski definition) is 5. The summed E-state index contributed by atoms with van der Waals surface area (Å²) in [5.74, 6) is 1.65. The highest BCUT2D eigenvalue weighted by Crippen LogP contribution is 2.40. The van der Waals surface area contributed by atoms with Gasteiger partial charge in [0.25, 0.3) is 0 Å². The Kier molecular flexibility index (Phi) is 4.29. The Morgan fingerprint density at radius 1 is 1.36 bits per heavy atom. The Morgan fingerprint density at radius 2 is 2.14 bits per heavy atom. The fraction of sp³-hybridized carbons (Fsp3) is 0.400. The topological polar surface area (TPSA) is 81.5 Å². The molecule has 0 amide bonds. The molecule has 1 aliphatic heterocycles. The van der Waals surface area contributed by atoms with E-state index in [2.05, 4.69) is 51.9 Å². The van der Waals surface area contributed by atoms with Crippen LogP contribution in [0.2, 0.25) is 5.15 Å². The van der Waals surface area contributed by atoms with Gasteiger partial charge in [0, 0.05) is 19.2 Å². The smallest absolute Gasteiger partial charge is 0.247 e. The van der Waals surface area contributed by atoms with Crippen molar-refractivity contribution in [1.82, 2.24) is 24.4 Å². The summed E-state index contributed by atoms with van der Waals surface area (Å²) in [6.07, 6.45) is 4.42. The molecule has 28 heavy (non-hydrogen) atoms. The molecule has 7 nitrogen and oxygen atoms in total. The number of halogens is 1. The van der Waals surface area contributed by atoms with Gasteiger partial charge in [-0.3, -0.25) is 4.48 Å². The Bertz CT molecular complexity index is 1100. The van der Waals surface area contributed by atoms with Crippen molar-refractivity contribution in [3.8, 4) is 6.07 Å². The third-order valence-corrected chi connectivity index (χ3v) is 6.44. The van der Waals surface area contributed by atoms with Crippen LogP contribution in [0.4, 0.5) is 11.6 Å². The summed E-state index contributed by atoms with van der Waals surface area (Å²) in [4.78, 5) is 18.8. The Balaban J connectivity index is 1.74. The van der Waals surface area contributed by atoms with E-state index < -0.39 is 0 Å². The number of nitriles is 1. The maximum Gasteiger partial charge on any atom is 0.247 e. The zero-order valence-corrected chi connectivity index (χ0v) is 17.2. The molecule has 0 aromatic carbocycles. The lowest BCUT2D eigenvalue weighted by molar-refractivity contribution is 0.193. The maximum absolute atomic E-state index is 9.73. The van der Waals surface area contributed by atoms with Crippen molar-refractivity contribution in [3.63, 3.8) is 0 Å². The fourth-order valence-corrected chi connectivity index (χ4v) is 4.35. The summed E-state index contributed by atoms with van der Waals surface area (Å²) in [5, 5.41) is 11.2. The molecule has 0 radical (unpaired) electrons. The van der Waals surface area contributed by atoms with Crippen LogP contribution in [-0.4, -0.2) is 52.7 Å². The van der Waals surface area contributed by atoms with E-state index in [-0.39, 0.29) is 5.54 Å². The molecule has 0 bridgehead atoms. The molecule has 1 fully saturated rings. The van der Waals surface area contributed by atoms with Crippen molar-refractivity contribution in [3.05, 3.63) is 40.9 Å². The SMILES string of the molecule is Cc1cc(Cl)nc([N+](C)(C)C2(C)CCN(c3ncnc4[nH]ccc34)C2)c1C#N. The van der Waals surface area contributed by atoms with Crippen LogP contribution in [0.25, 0.3) is 11.0 Å². The van der Waals surface area contributed by atoms with Crippen molar-refractivity contribution in [1.29, 1.82) is 5.26 Å². The minimum Gasteiger partial charge on any atom is -0.349 e. The van der Waals surface area contributed by atoms with Crippen LogP contribution < -0.4 is 9.38 Å². The number of nitrogens with one attached hydrogen (secondary N) is 1. The van der Waals surface area contributed by atoms with Crippen LogP contribution in [-0.2, 0) is 0 Å². The van der Waals surface area contributed by atoms with Crippen molar-refractivity contribution >= 4 is 34.3 Å². The average Bonchev–Trinajstić information content (AvgIpc) is 3.28. The number of rotatable bonds is 3. The number of aryl methyl sites for hydroxylation is 1. The number of fused-ring (bicyclic) bond motifs is 1. The predicted octanol–water partition coefficient (Wildman–Crippen LogP) is 3.42. The minimum atomic E-state index is -0.163. The first-order valence-electron chi connectivity index (χ1n) is 9.22. The van der Waals surface area contributed by atoms with Crippen LogP contribution in [0.3, 0.4) is 0 Å². The van der Waals surface area contributed by atoms with Crippen molar-refractivity contribution in [2.45, 2.75) is 25.8 Å². The summed E-state index contributed by atoms with van der Waals surface area (Å²) >= 11 is 6.25. The molecule has 3 aromatic rings. The third-order valence-electron chi connectivity index (χ3n) is 6.24. The molecule has 4 rings (SSSR count). The number of H-pyrrole nitrogens is 1. The first kappa shape index (κ1) is 18.7. The maximum atomic E-state index is 9.73. The number of pyridine rings is 1. The van der Waals surface area contributed by atoms with Crippen molar-refractivity contribution in [2.75, 3.05) is 32.1 Å². The van der Waals surface area contributed by atoms with Crippen molar-refractivity contribution in [2.24, 2.45) is 0 Å². The van der Waals surface area contributed by atoms with Gasteiger partial charge in [-0.25, -0.2) is 9.97 Å². The molecule has 0 aliphatic carbocycles. The molecule has 0 spiro atoms. The quantitative estimate of drug-likeness (QED) is 0.541. The number of aromatic nitrogens is 4. The third kappa shape index (κ3) is 2.72. The van der Waals surface area contributed by atoms with Crippen LogP contribution in [0.15, 0.2) is 24.7 Å². The van der Waals surface area contributed by atoms with Gasteiger partial charge >= 0.3 is 0 Å². The first-order valence-corrected chi connectivity index (χ1v) is 9.59. The molecule has 1 saturated heterocycles. The van der Waals surface area contributed by atoms with Gasteiger partial charge in [0.15, 0.2) is 0 Å². The Labute approximate surface area is 169 Å². The summed E-state index contributed by atoms with van der Waals surface area (Å²) < 4.78 is 0.467. The molecule has 1 aliphatic rings. The zero-order chi connectivity index (χ0) is 20.1. The second kappa shape index (κ2) is 6.43. The van der Waals surface area contributed by atoms with Gasteiger partial charge in [-0.15, -0.1) is 0 Å². The number of nitrogens with zero attached hydrogens (tertiary/aromatic N) is 6. The van der Waals surface area contributed by atoms with E-state index in [1.165, 1.54) is 0 Å². The van der Waals surface area contributed by atoms with Crippen LogP contribution in [0.1, 0.15) is 24.5 Å². The van der Waals surface area contributed by atoms with E-state index in [0.717, 1.165) is 41.9 Å². The van der Waals surface area contributed by atoms with E-state index in [9.17, 15) is 5.26 Å². The summed E-state index contributed by atoms with van der Waals surface area (Å²) in [6.45, 7) is 5.80. The van der Waals surface area contributed by atoms with Crippen LogP contribution in [0.5, 0.6) is 0 Å². The summed E-state index contributed by atoms with van der Waals surface area (Å²) in [6, 6.07) is 6.08. The van der Waals surface area contributed by atoms with E-state index in [1.807, 2.05) is 19.2 Å². The molecule has 1 atom stereocenters. The largest absolute Gasteiger partial charge is 0.349 e. The monoisotopic (exact) mass is 396 g/mol. The molecular weight excluding hydrogens is 374 g/mol. The zero-order valence-electron chi connectivity index (χ0n) is 16.5. The van der Waals surface area contributed by atoms with Gasteiger partial charge in [-0.1, -0.05) is 11.6 Å². The lowest BCUT2D eigenvalue weighted by Gasteiger charge is -2.43. The average molecular weight is 397 g/mol. The lowest BCUT2D eigenvalue weighted by Crippen LogP contribution is -2.61.